The Bertz CT molecular complexity index is 734. The summed E-state index contributed by atoms with van der Waals surface area (Å²) in [6.45, 7) is 2.58. The molecule has 0 aliphatic rings. The number of rotatable bonds is 6. The Morgan fingerprint density at radius 1 is 1.24 bits per heavy atom. The zero-order valence-electron chi connectivity index (χ0n) is 14.9. The molecule has 2 N–H and O–H groups in total. The zero-order chi connectivity index (χ0) is 18.6. The molecule has 0 aliphatic carbocycles. The third-order valence-electron chi connectivity index (χ3n) is 4.26. The van der Waals surface area contributed by atoms with Gasteiger partial charge in [0.05, 0.1) is 17.8 Å². The predicted octanol–water partition coefficient (Wildman–Crippen LogP) is 2.59. The van der Waals surface area contributed by atoms with Crippen LogP contribution in [0.1, 0.15) is 12.5 Å². The van der Waals surface area contributed by atoms with Crippen LogP contribution >= 0.6 is 11.6 Å². The summed E-state index contributed by atoms with van der Waals surface area (Å²) in [5.74, 6) is -0.587. The Balaban J connectivity index is 1.98. The predicted molar refractivity (Wildman–Crippen MR) is 101 cm³/mol. The highest BCUT2D eigenvalue weighted by Gasteiger charge is 2.22. The highest BCUT2D eigenvalue weighted by molar-refractivity contribution is 6.33. The molecule has 0 saturated heterocycles. The smallest absolute Gasteiger partial charge is 0.282 e. The SMILES string of the molecule is C[C@H](C(=O)Nc1ccc(F)cc1Cl)[NH+](C)Cc1ccc(N(C)C)cc1. The van der Waals surface area contributed by atoms with Gasteiger partial charge in [-0.15, -0.1) is 0 Å². The van der Waals surface area contributed by atoms with Crippen LogP contribution in [0.4, 0.5) is 15.8 Å². The number of nitrogens with zero attached hydrogens (tertiary/aromatic N) is 1. The van der Waals surface area contributed by atoms with E-state index in [0.29, 0.717) is 5.69 Å². The molecule has 2 rings (SSSR count). The zero-order valence-corrected chi connectivity index (χ0v) is 15.7. The van der Waals surface area contributed by atoms with Crippen LogP contribution in [0, 0.1) is 5.82 Å². The number of benzene rings is 2. The van der Waals surface area contributed by atoms with Crippen molar-refractivity contribution in [3.63, 3.8) is 0 Å². The van der Waals surface area contributed by atoms with Crippen molar-refractivity contribution in [1.82, 2.24) is 0 Å². The number of hydrogen-bond acceptors (Lipinski definition) is 2. The number of halogens is 2. The lowest BCUT2D eigenvalue weighted by Crippen LogP contribution is -3.12. The van der Waals surface area contributed by atoms with Crippen molar-refractivity contribution in [2.24, 2.45) is 0 Å². The van der Waals surface area contributed by atoms with Gasteiger partial charge in [0.25, 0.3) is 5.91 Å². The fourth-order valence-corrected chi connectivity index (χ4v) is 2.66. The van der Waals surface area contributed by atoms with E-state index in [2.05, 4.69) is 29.6 Å². The highest BCUT2D eigenvalue weighted by atomic mass is 35.5. The van der Waals surface area contributed by atoms with Gasteiger partial charge in [-0.3, -0.25) is 4.79 Å². The first-order chi connectivity index (χ1) is 11.8. The molecule has 4 nitrogen and oxygen atoms in total. The fraction of sp³-hybridized carbons (Fsp3) is 0.316. The summed E-state index contributed by atoms with van der Waals surface area (Å²) in [5, 5.41) is 2.95. The Hall–Kier alpha value is -2.11. The van der Waals surface area contributed by atoms with Crippen LogP contribution in [0.2, 0.25) is 5.02 Å². The molecular formula is C19H24ClFN3O+. The van der Waals surface area contributed by atoms with Crippen LogP contribution in [-0.4, -0.2) is 33.1 Å². The number of hydrogen-bond donors (Lipinski definition) is 2. The van der Waals surface area contributed by atoms with Crippen molar-refractivity contribution in [3.8, 4) is 0 Å². The molecule has 0 aromatic heterocycles. The average molecular weight is 365 g/mol. The summed E-state index contributed by atoms with van der Waals surface area (Å²) in [6, 6.07) is 11.9. The number of anilines is 2. The summed E-state index contributed by atoms with van der Waals surface area (Å²) in [7, 11) is 5.97. The quantitative estimate of drug-likeness (QED) is 0.826. The van der Waals surface area contributed by atoms with Crippen LogP contribution in [0.5, 0.6) is 0 Å². The first-order valence-corrected chi connectivity index (χ1v) is 8.50. The van der Waals surface area contributed by atoms with Gasteiger partial charge >= 0.3 is 0 Å². The van der Waals surface area contributed by atoms with Crippen LogP contribution < -0.4 is 15.1 Å². The number of nitrogens with one attached hydrogen (secondary N) is 2. The maximum absolute atomic E-state index is 13.1. The lowest BCUT2D eigenvalue weighted by molar-refractivity contribution is -0.907. The van der Waals surface area contributed by atoms with Gasteiger partial charge in [-0.05, 0) is 37.3 Å². The molecule has 134 valence electrons. The van der Waals surface area contributed by atoms with Gasteiger partial charge in [0.1, 0.15) is 12.4 Å². The van der Waals surface area contributed by atoms with Crippen molar-refractivity contribution in [2.45, 2.75) is 19.5 Å². The molecule has 2 aromatic carbocycles. The van der Waals surface area contributed by atoms with E-state index in [1.165, 1.54) is 18.2 Å². The molecule has 1 amide bonds. The molecule has 0 aliphatic heterocycles. The van der Waals surface area contributed by atoms with E-state index in [1.807, 2.05) is 33.0 Å². The molecule has 0 spiro atoms. The van der Waals surface area contributed by atoms with Gasteiger partial charge in [0, 0.05) is 25.3 Å². The summed E-state index contributed by atoms with van der Waals surface area (Å²) in [5.41, 5.74) is 2.71. The van der Waals surface area contributed by atoms with Crippen molar-refractivity contribution in [3.05, 3.63) is 58.9 Å². The summed E-state index contributed by atoms with van der Waals surface area (Å²) in [6.07, 6.45) is 0. The summed E-state index contributed by atoms with van der Waals surface area (Å²) >= 11 is 5.96. The van der Waals surface area contributed by atoms with E-state index in [0.717, 1.165) is 22.7 Å². The van der Waals surface area contributed by atoms with Gasteiger partial charge in [0.2, 0.25) is 0 Å². The van der Waals surface area contributed by atoms with Crippen LogP contribution in [0.3, 0.4) is 0 Å². The van der Waals surface area contributed by atoms with Crippen LogP contribution in [0.25, 0.3) is 0 Å². The van der Waals surface area contributed by atoms with Gasteiger partial charge in [0.15, 0.2) is 6.04 Å². The fourth-order valence-electron chi connectivity index (χ4n) is 2.44. The molecule has 1 unspecified atom stereocenters. The molecule has 0 heterocycles. The minimum atomic E-state index is -0.431. The van der Waals surface area contributed by atoms with Crippen molar-refractivity contribution < 1.29 is 14.1 Å². The Kier molecular flexibility index (Phi) is 6.39. The minimum Gasteiger partial charge on any atom is -0.378 e. The van der Waals surface area contributed by atoms with Gasteiger partial charge in [-0.1, -0.05) is 23.7 Å². The molecule has 0 fully saturated rings. The average Bonchev–Trinajstić information content (AvgIpc) is 2.57. The first-order valence-electron chi connectivity index (χ1n) is 8.12. The maximum atomic E-state index is 13.1. The topological polar surface area (TPSA) is 36.8 Å². The standard InChI is InChI=1S/C19H23ClFN3O/c1-13(19(25)22-18-10-7-15(21)11-17(18)20)24(4)12-14-5-8-16(9-6-14)23(2)3/h5-11,13H,12H2,1-4H3,(H,22,25)/p+1/t13-/m1/s1. The number of amides is 1. The lowest BCUT2D eigenvalue weighted by atomic mass is 10.1. The number of carbonyl (C=O) groups excluding carboxylic acids is 1. The molecule has 0 saturated carbocycles. The number of likely N-dealkylation sites (N-methyl/N-ethyl adjacent to an activating group) is 1. The Morgan fingerprint density at radius 3 is 2.44 bits per heavy atom. The molecule has 6 heteroatoms. The second-order valence-electron chi connectivity index (χ2n) is 6.42. The maximum Gasteiger partial charge on any atom is 0.282 e. The molecule has 2 aromatic rings. The number of quaternary nitrogens is 1. The molecule has 0 bridgehead atoms. The number of carbonyl (C=O) groups is 1. The first kappa shape index (κ1) is 19.2. The van der Waals surface area contributed by atoms with Gasteiger partial charge in [-0.25, -0.2) is 4.39 Å². The second kappa shape index (κ2) is 8.32. The molecular weight excluding hydrogens is 341 g/mol. The van der Waals surface area contributed by atoms with Gasteiger partial charge in [-0.2, -0.15) is 0 Å². The van der Waals surface area contributed by atoms with Crippen LogP contribution in [-0.2, 0) is 11.3 Å². The monoisotopic (exact) mass is 364 g/mol. The van der Waals surface area contributed by atoms with Crippen molar-refractivity contribution >= 4 is 28.9 Å². The van der Waals surface area contributed by atoms with E-state index < -0.39 is 5.82 Å². The second-order valence-corrected chi connectivity index (χ2v) is 6.83. The van der Waals surface area contributed by atoms with Gasteiger partial charge < -0.3 is 15.1 Å². The van der Waals surface area contributed by atoms with E-state index in [9.17, 15) is 9.18 Å². The molecule has 25 heavy (non-hydrogen) atoms. The largest absolute Gasteiger partial charge is 0.378 e. The molecule has 2 atom stereocenters. The third kappa shape index (κ3) is 5.18. The summed E-state index contributed by atoms with van der Waals surface area (Å²) < 4.78 is 13.1. The van der Waals surface area contributed by atoms with E-state index in [-0.39, 0.29) is 17.0 Å². The lowest BCUT2D eigenvalue weighted by Gasteiger charge is -2.22. The van der Waals surface area contributed by atoms with Crippen molar-refractivity contribution in [1.29, 1.82) is 0 Å². The van der Waals surface area contributed by atoms with E-state index in [1.54, 1.807) is 0 Å². The van der Waals surface area contributed by atoms with Crippen LogP contribution in [0.15, 0.2) is 42.5 Å². The Morgan fingerprint density at radius 2 is 1.88 bits per heavy atom. The highest BCUT2D eigenvalue weighted by Crippen LogP contribution is 2.22. The van der Waals surface area contributed by atoms with Crippen molar-refractivity contribution in [2.75, 3.05) is 31.4 Å². The molecule has 0 radical (unpaired) electrons. The summed E-state index contributed by atoms with van der Waals surface area (Å²) in [4.78, 5) is 15.5. The Labute approximate surface area is 153 Å². The van der Waals surface area contributed by atoms with E-state index in [4.69, 9.17) is 11.6 Å². The van der Waals surface area contributed by atoms with E-state index >= 15 is 0 Å². The normalized spacial score (nSPS) is 13.2. The minimum absolute atomic E-state index is 0.157. The third-order valence-corrected chi connectivity index (χ3v) is 4.57.